The molecule has 2 aromatic carbocycles. The molecule has 1 N–H and O–H groups in total. The standard InChI is InChI=1S/C22H26N2O5/c1-4-28-19-11-10-16(13-20(19)29-5-2)23-22(26)15-12-21(25)24(14-15)17-8-6-7-9-18(17)27-3/h6-11,13,15H,4-5,12,14H2,1-3H3,(H,23,26)/t15-/m1/s1. The van der Waals surface area contributed by atoms with Gasteiger partial charge in [-0.1, -0.05) is 12.1 Å². The van der Waals surface area contributed by atoms with Crippen LogP contribution < -0.4 is 24.4 Å². The minimum Gasteiger partial charge on any atom is -0.495 e. The maximum Gasteiger partial charge on any atom is 0.229 e. The fourth-order valence-electron chi connectivity index (χ4n) is 3.34. The van der Waals surface area contributed by atoms with E-state index in [-0.39, 0.29) is 18.2 Å². The van der Waals surface area contributed by atoms with Crippen molar-refractivity contribution in [2.24, 2.45) is 5.92 Å². The molecule has 7 heteroatoms. The van der Waals surface area contributed by atoms with Crippen LogP contribution in [-0.2, 0) is 9.59 Å². The second-order valence-electron chi connectivity index (χ2n) is 6.59. The number of nitrogens with one attached hydrogen (secondary N) is 1. The lowest BCUT2D eigenvalue weighted by atomic mass is 10.1. The lowest BCUT2D eigenvalue weighted by Gasteiger charge is -2.19. The van der Waals surface area contributed by atoms with Crippen molar-refractivity contribution >= 4 is 23.2 Å². The van der Waals surface area contributed by atoms with Crippen LogP contribution in [0.4, 0.5) is 11.4 Å². The zero-order valence-electron chi connectivity index (χ0n) is 16.9. The zero-order valence-corrected chi connectivity index (χ0v) is 16.9. The molecule has 0 saturated carbocycles. The molecule has 2 aromatic rings. The molecule has 0 bridgehead atoms. The van der Waals surface area contributed by atoms with Gasteiger partial charge in [-0.05, 0) is 38.1 Å². The number of methoxy groups -OCH3 is 1. The second-order valence-corrected chi connectivity index (χ2v) is 6.59. The van der Waals surface area contributed by atoms with E-state index in [4.69, 9.17) is 14.2 Å². The molecule has 2 amide bonds. The topological polar surface area (TPSA) is 77.1 Å². The Kier molecular flexibility index (Phi) is 6.59. The van der Waals surface area contributed by atoms with E-state index in [1.54, 1.807) is 36.3 Å². The fourth-order valence-corrected chi connectivity index (χ4v) is 3.34. The molecule has 0 aliphatic carbocycles. The summed E-state index contributed by atoms with van der Waals surface area (Å²) in [6.07, 6.45) is 0.152. The normalized spacial score (nSPS) is 15.9. The van der Waals surface area contributed by atoms with Gasteiger partial charge in [-0.2, -0.15) is 0 Å². The summed E-state index contributed by atoms with van der Waals surface area (Å²) in [5, 5.41) is 2.89. The van der Waals surface area contributed by atoms with E-state index in [2.05, 4.69) is 5.32 Å². The first-order chi connectivity index (χ1) is 14.1. The Balaban J connectivity index is 1.72. The number of para-hydroxylation sites is 2. The Hall–Kier alpha value is -3.22. The molecule has 7 nitrogen and oxygen atoms in total. The van der Waals surface area contributed by atoms with Crippen molar-refractivity contribution in [2.75, 3.05) is 37.1 Å². The summed E-state index contributed by atoms with van der Waals surface area (Å²) < 4.78 is 16.5. The van der Waals surface area contributed by atoms with Gasteiger partial charge in [0.1, 0.15) is 5.75 Å². The molecule has 1 aliphatic rings. The van der Waals surface area contributed by atoms with Crippen LogP contribution >= 0.6 is 0 Å². The maximum absolute atomic E-state index is 12.8. The molecule has 0 spiro atoms. The summed E-state index contributed by atoms with van der Waals surface area (Å²) in [5.74, 6) is 1.05. The Bertz CT molecular complexity index is 883. The molecule has 29 heavy (non-hydrogen) atoms. The summed E-state index contributed by atoms with van der Waals surface area (Å²) in [4.78, 5) is 26.9. The third kappa shape index (κ3) is 4.62. The van der Waals surface area contributed by atoms with Crippen molar-refractivity contribution in [3.63, 3.8) is 0 Å². The first kappa shape index (κ1) is 20.5. The largest absolute Gasteiger partial charge is 0.495 e. The van der Waals surface area contributed by atoms with E-state index in [1.807, 2.05) is 32.0 Å². The molecule has 0 radical (unpaired) electrons. The van der Waals surface area contributed by atoms with E-state index < -0.39 is 5.92 Å². The van der Waals surface area contributed by atoms with Gasteiger partial charge in [-0.15, -0.1) is 0 Å². The van der Waals surface area contributed by atoms with E-state index >= 15 is 0 Å². The van der Waals surface area contributed by atoms with E-state index in [0.29, 0.717) is 48.4 Å². The Labute approximate surface area is 170 Å². The maximum atomic E-state index is 12.8. The number of anilines is 2. The van der Waals surface area contributed by atoms with Crippen molar-refractivity contribution in [3.05, 3.63) is 42.5 Å². The molecule has 1 aliphatic heterocycles. The highest BCUT2D eigenvalue weighted by atomic mass is 16.5. The van der Waals surface area contributed by atoms with Crippen LogP contribution in [0.15, 0.2) is 42.5 Å². The van der Waals surface area contributed by atoms with Crippen LogP contribution in [0.5, 0.6) is 17.2 Å². The van der Waals surface area contributed by atoms with E-state index in [0.717, 1.165) is 0 Å². The van der Waals surface area contributed by atoms with Crippen molar-refractivity contribution in [3.8, 4) is 17.2 Å². The third-order valence-corrected chi connectivity index (χ3v) is 4.68. The number of nitrogens with zero attached hydrogens (tertiary/aromatic N) is 1. The minimum absolute atomic E-state index is 0.101. The van der Waals surface area contributed by atoms with Crippen molar-refractivity contribution < 1.29 is 23.8 Å². The Morgan fingerprint density at radius 3 is 2.52 bits per heavy atom. The molecule has 1 heterocycles. The number of carbonyl (C=O) groups excluding carboxylic acids is 2. The molecule has 1 fully saturated rings. The van der Waals surface area contributed by atoms with Gasteiger partial charge < -0.3 is 24.4 Å². The van der Waals surface area contributed by atoms with E-state index in [9.17, 15) is 9.59 Å². The SMILES string of the molecule is CCOc1ccc(NC(=O)[C@@H]2CC(=O)N(c3ccccc3OC)C2)cc1OCC. The summed E-state index contributed by atoms with van der Waals surface area (Å²) >= 11 is 0. The molecule has 0 aromatic heterocycles. The van der Waals surface area contributed by atoms with Gasteiger partial charge in [-0.3, -0.25) is 9.59 Å². The van der Waals surface area contributed by atoms with Crippen LogP contribution in [0.2, 0.25) is 0 Å². The molecule has 154 valence electrons. The second kappa shape index (κ2) is 9.32. The van der Waals surface area contributed by atoms with Crippen LogP contribution in [0, 0.1) is 5.92 Å². The average molecular weight is 398 g/mol. The van der Waals surface area contributed by atoms with E-state index in [1.165, 1.54) is 0 Å². The average Bonchev–Trinajstić information content (AvgIpc) is 3.12. The number of hydrogen-bond acceptors (Lipinski definition) is 5. The number of benzene rings is 2. The summed E-state index contributed by atoms with van der Waals surface area (Å²) in [5.41, 5.74) is 1.28. The van der Waals surface area contributed by atoms with Gasteiger partial charge >= 0.3 is 0 Å². The Morgan fingerprint density at radius 2 is 1.79 bits per heavy atom. The van der Waals surface area contributed by atoms with Crippen LogP contribution in [0.3, 0.4) is 0 Å². The monoisotopic (exact) mass is 398 g/mol. The molecule has 1 atom stereocenters. The highest BCUT2D eigenvalue weighted by molar-refractivity contribution is 6.04. The molecule has 1 saturated heterocycles. The van der Waals surface area contributed by atoms with Crippen LogP contribution in [0.25, 0.3) is 0 Å². The molecule has 0 unspecified atom stereocenters. The molecule has 3 rings (SSSR count). The summed E-state index contributed by atoms with van der Waals surface area (Å²) in [6, 6.07) is 12.6. The van der Waals surface area contributed by atoms with Crippen molar-refractivity contribution in [2.45, 2.75) is 20.3 Å². The molecular weight excluding hydrogens is 372 g/mol. The first-order valence-corrected chi connectivity index (χ1v) is 9.71. The van der Waals surface area contributed by atoms with Crippen LogP contribution in [0.1, 0.15) is 20.3 Å². The number of hydrogen-bond donors (Lipinski definition) is 1. The lowest BCUT2D eigenvalue weighted by molar-refractivity contribution is -0.122. The molecular formula is C22H26N2O5. The smallest absolute Gasteiger partial charge is 0.229 e. The quantitative estimate of drug-likeness (QED) is 0.737. The number of ether oxygens (including phenoxy) is 3. The van der Waals surface area contributed by atoms with Crippen molar-refractivity contribution in [1.82, 2.24) is 0 Å². The Morgan fingerprint density at radius 1 is 1.07 bits per heavy atom. The van der Waals surface area contributed by atoms with Gasteiger partial charge in [0.2, 0.25) is 11.8 Å². The van der Waals surface area contributed by atoms with Gasteiger partial charge in [-0.25, -0.2) is 0 Å². The number of rotatable bonds is 8. The van der Waals surface area contributed by atoms with Crippen molar-refractivity contribution in [1.29, 1.82) is 0 Å². The number of amides is 2. The lowest BCUT2D eigenvalue weighted by Crippen LogP contribution is -2.28. The fraction of sp³-hybridized carbons (Fsp3) is 0.364. The summed E-state index contributed by atoms with van der Waals surface area (Å²) in [7, 11) is 1.56. The predicted molar refractivity (Wildman–Crippen MR) is 111 cm³/mol. The third-order valence-electron chi connectivity index (χ3n) is 4.68. The van der Waals surface area contributed by atoms with Gasteiger partial charge in [0.25, 0.3) is 0 Å². The highest BCUT2D eigenvalue weighted by Gasteiger charge is 2.36. The predicted octanol–water partition coefficient (Wildman–Crippen LogP) is 3.48. The van der Waals surface area contributed by atoms with Gasteiger partial charge in [0.15, 0.2) is 11.5 Å². The highest BCUT2D eigenvalue weighted by Crippen LogP contribution is 2.34. The van der Waals surface area contributed by atoms with Gasteiger partial charge in [0.05, 0.1) is 31.9 Å². The summed E-state index contributed by atoms with van der Waals surface area (Å²) in [6.45, 7) is 5.10. The van der Waals surface area contributed by atoms with Crippen LogP contribution in [-0.4, -0.2) is 38.7 Å². The number of carbonyl (C=O) groups is 2. The zero-order chi connectivity index (χ0) is 20.8. The minimum atomic E-state index is -0.450. The van der Waals surface area contributed by atoms with Gasteiger partial charge in [0, 0.05) is 24.7 Å². The first-order valence-electron chi connectivity index (χ1n) is 9.71.